The van der Waals surface area contributed by atoms with Crippen LogP contribution in [0.1, 0.15) is 20.7 Å². The molecule has 0 radical (unpaired) electrons. The molecule has 0 heterocycles. The topological polar surface area (TPSA) is 113 Å². The first-order valence-corrected chi connectivity index (χ1v) is 6.90. The lowest BCUT2D eigenvalue weighted by Gasteiger charge is -2.14. The average molecular weight is 320 g/mol. The molecule has 0 atom stereocenters. The van der Waals surface area contributed by atoms with Crippen LogP contribution in [0.15, 0.2) is 12.1 Å². The van der Waals surface area contributed by atoms with Crippen molar-refractivity contribution in [1.29, 1.82) is 0 Å². The van der Waals surface area contributed by atoms with Gasteiger partial charge in [-0.15, -0.1) is 0 Å². The predicted molar refractivity (Wildman–Crippen MR) is 70.0 cm³/mol. The molecule has 0 aliphatic rings. The van der Waals surface area contributed by atoms with Crippen molar-refractivity contribution in [3.8, 4) is 5.75 Å². The summed E-state index contributed by atoms with van der Waals surface area (Å²) < 4.78 is 44.1. The van der Waals surface area contributed by atoms with E-state index in [1.54, 1.807) is 4.72 Å². The Balaban J connectivity index is 3.29. The van der Waals surface area contributed by atoms with Crippen LogP contribution >= 0.6 is 0 Å². The van der Waals surface area contributed by atoms with E-state index in [4.69, 9.17) is 5.11 Å². The average Bonchev–Trinajstić information content (AvgIpc) is 2.36. The summed E-state index contributed by atoms with van der Waals surface area (Å²) in [5.74, 6) is -4.60. The van der Waals surface area contributed by atoms with Crippen LogP contribution < -0.4 is 9.46 Å². The van der Waals surface area contributed by atoms with E-state index >= 15 is 0 Å². The largest absolute Gasteiger partial charge is 0.493 e. The van der Waals surface area contributed by atoms with E-state index < -0.39 is 44.8 Å². The van der Waals surface area contributed by atoms with Gasteiger partial charge in [0.05, 0.1) is 18.2 Å². The van der Waals surface area contributed by atoms with Crippen LogP contribution in [0.2, 0.25) is 0 Å². The Labute approximate surface area is 120 Å². The predicted octanol–water partition coefficient (Wildman–Crippen LogP) is 0.0687. The Morgan fingerprint density at radius 1 is 1.29 bits per heavy atom. The van der Waals surface area contributed by atoms with Crippen LogP contribution in [0.3, 0.4) is 0 Å². The van der Waals surface area contributed by atoms with Gasteiger partial charge in [-0.3, -0.25) is 4.79 Å². The fourth-order valence-electron chi connectivity index (χ4n) is 1.36. The van der Waals surface area contributed by atoms with E-state index in [0.717, 1.165) is 23.5 Å². The third kappa shape index (κ3) is 3.47. The van der Waals surface area contributed by atoms with Crippen LogP contribution in [-0.2, 0) is 10.2 Å². The number of halogens is 1. The minimum absolute atomic E-state index is 0.439. The molecule has 8 nitrogen and oxygen atoms in total. The lowest BCUT2D eigenvalue weighted by atomic mass is 10.1. The van der Waals surface area contributed by atoms with Gasteiger partial charge in [0.15, 0.2) is 11.6 Å². The number of carbonyl (C=O) groups excluding carboxylic acids is 1. The molecule has 1 aromatic rings. The maximum atomic E-state index is 13.9. The molecule has 116 valence electrons. The molecule has 0 aliphatic heterocycles. The number of carboxylic acids is 1. The number of amides is 1. The minimum atomic E-state index is -4.07. The number of aromatic carboxylic acids is 1. The van der Waals surface area contributed by atoms with Crippen molar-refractivity contribution >= 4 is 22.1 Å². The summed E-state index contributed by atoms with van der Waals surface area (Å²) in [6.07, 6.45) is 0. The highest BCUT2D eigenvalue weighted by Crippen LogP contribution is 2.26. The van der Waals surface area contributed by atoms with E-state index in [9.17, 15) is 22.4 Å². The monoisotopic (exact) mass is 320 g/mol. The number of rotatable bonds is 5. The number of nitrogens with one attached hydrogen (secondary N) is 1. The molecule has 0 fully saturated rings. The van der Waals surface area contributed by atoms with E-state index in [1.165, 1.54) is 14.1 Å². The molecule has 1 rings (SSSR count). The van der Waals surface area contributed by atoms with Gasteiger partial charge in [-0.1, -0.05) is 0 Å². The molecule has 2 N–H and O–H groups in total. The number of hydrogen-bond donors (Lipinski definition) is 2. The molecule has 0 unspecified atom stereocenters. The number of nitrogens with zero attached hydrogens (tertiary/aromatic N) is 1. The molecular weight excluding hydrogens is 307 g/mol. The molecule has 1 aromatic carbocycles. The Morgan fingerprint density at radius 3 is 2.24 bits per heavy atom. The summed E-state index contributed by atoms with van der Waals surface area (Å²) in [5, 5.41) is 8.78. The summed E-state index contributed by atoms with van der Waals surface area (Å²) >= 11 is 0. The van der Waals surface area contributed by atoms with Crippen molar-refractivity contribution in [3.05, 3.63) is 29.1 Å². The van der Waals surface area contributed by atoms with Crippen LogP contribution in [0.4, 0.5) is 4.39 Å². The van der Waals surface area contributed by atoms with E-state index in [-0.39, 0.29) is 0 Å². The fraction of sp³-hybridized carbons (Fsp3) is 0.273. The zero-order chi connectivity index (χ0) is 16.4. The minimum Gasteiger partial charge on any atom is -0.493 e. The van der Waals surface area contributed by atoms with Crippen molar-refractivity contribution in [3.63, 3.8) is 0 Å². The summed E-state index contributed by atoms with van der Waals surface area (Å²) in [7, 11) is -0.651. The first-order chi connectivity index (χ1) is 9.61. The third-order valence-electron chi connectivity index (χ3n) is 2.48. The second-order valence-electron chi connectivity index (χ2n) is 4.03. The van der Waals surface area contributed by atoms with Crippen molar-refractivity contribution in [2.45, 2.75) is 0 Å². The fourth-order valence-corrected chi connectivity index (χ4v) is 1.89. The van der Waals surface area contributed by atoms with Gasteiger partial charge in [0.25, 0.3) is 5.91 Å². The number of ether oxygens (including phenoxy) is 1. The summed E-state index contributed by atoms with van der Waals surface area (Å²) in [4.78, 5) is 22.7. The number of hydrogen-bond acceptors (Lipinski definition) is 5. The molecule has 21 heavy (non-hydrogen) atoms. The molecular formula is C11H13FN2O6S. The van der Waals surface area contributed by atoms with Gasteiger partial charge in [-0.2, -0.15) is 12.7 Å². The second kappa shape index (κ2) is 6.06. The maximum Gasteiger partial charge on any atom is 0.338 e. The third-order valence-corrected chi connectivity index (χ3v) is 3.88. The number of carboxylic acid groups (broad SMARTS) is 1. The Kier molecular flexibility index (Phi) is 4.86. The molecule has 0 bridgehead atoms. The van der Waals surface area contributed by atoms with Gasteiger partial charge in [0.1, 0.15) is 0 Å². The zero-order valence-electron chi connectivity index (χ0n) is 11.4. The van der Waals surface area contributed by atoms with Gasteiger partial charge in [-0.25, -0.2) is 13.9 Å². The Hall–Kier alpha value is -2.20. The van der Waals surface area contributed by atoms with Crippen LogP contribution in [0, 0.1) is 5.82 Å². The first-order valence-electron chi connectivity index (χ1n) is 5.46. The summed E-state index contributed by atoms with van der Waals surface area (Å²) in [5.41, 5.74) is -1.13. The normalized spacial score (nSPS) is 11.3. The second-order valence-corrected chi connectivity index (χ2v) is 5.92. The van der Waals surface area contributed by atoms with Crippen molar-refractivity contribution in [2.75, 3.05) is 21.2 Å². The standard InChI is InChI=1S/C11H13FN2O6S/c1-14(2)21(18,19)13-10(15)7-5-4-6(11(16)17)8(12)9(7)20-3/h4-5H,1-3H3,(H,13,15)(H,16,17). The summed E-state index contributed by atoms with van der Waals surface area (Å²) in [6, 6.07) is 1.81. The number of carbonyl (C=O) groups is 2. The molecule has 0 aliphatic carbocycles. The lowest BCUT2D eigenvalue weighted by Crippen LogP contribution is -2.39. The molecule has 0 aromatic heterocycles. The highest BCUT2D eigenvalue weighted by atomic mass is 32.2. The maximum absolute atomic E-state index is 13.9. The molecule has 10 heteroatoms. The Bertz CT molecular complexity index is 686. The molecule has 0 saturated heterocycles. The van der Waals surface area contributed by atoms with Crippen molar-refractivity contribution < 1.29 is 32.2 Å². The van der Waals surface area contributed by atoms with Gasteiger partial charge in [0.2, 0.25) is 0 Å². The number of benzene rings is 1. The summed E-state index contributed by atoms with van der Waals surface area (Å²) in [6.45, 7) is 0. The van der Waals surface area contributed by atoms with Crippen molar-refractivity contribution in [2.24, 2.45) is 0 Å². The molecule has 0 saturated carbocycles. The lowest BCUT2D eigenvalue weighted by molar-refractivity contribution is 0.0690. The SMILES string of the molecule is COc1c(C(=O)NS(=O)(=O)N(C)C)ccc(C(=O)O)c1F. The van der Waals surface area contributed by atoms with Gasteiger partial charge >= 0.3 is 16.2 Å². The Morgan fingerprint density at radius 2 is 1.81 bits per heavy atom. The highest BCUT2D eigenvalue weighted by Gasteiger charge is 2.25. The highest BCUT2D eigenvalue weighted by molar-refractivity contribution is 7.87. The van der Waals surface area contributed by atoms with E-state index in [0.29, 0.717) is 0 Å². The van der Waals surface area contributed by atoms with Gasteiger partial charge in [0, 0.05) is 14.1 Å². The molecule has 1 amide bonds. The van der Waals surface area contributed by atoms with E-state index in [2.05, 4.69) is 4.74 Å². The van der Waals surface area contributed by atoms with Crippen molar-refractivity contribution in [1.82, 2.24) is 9.03 Å². The first kappa shape index (κ1) is 16.9. The van der Waals surface area contributed by atoms with Gasteiger partial charge in [-0.05, 0) is 12.1 Å². The smallest absolute Gasteiger partial charge is 0.338 e. The number of methoxy groups -OCH3 is 1. The van der Waals surface area contributed by atoms with Crippen LogP contribution in [0.25, 0.3) is 0 Å². The van der Waals surface area contributed by atoms with Crippen LogP contribution in [-0.4, -0.2) is 50.9 Å². The molecule has 0 spiro atoms. The van der Waals surface area contributed by atoms with Gasteiger partial charge < -0.3 is 9.84 Å². The van der Waals surface area contributed by atoms with E-state index in [1.807, 2.05) is 0 Å². The quantitative estimate of drug-likeness (QED) is 0.794. The van der Waals surface area contributed by atoms with Crippen LogP contribution in [0.5, 0.6) is 5.75 Å². The zero-order valence-corrected chi connectivity index (χ0v) is 12.2.